The van der Waals surface area contributed by atoms with E-state index in [1.165, 1.54) is 24.1 Å². The Morgan fingerprint density at radius 1 is 1.10 bits per heavy atom. The first-order chi connectivity index (χ1) is 9.81. The molecule has 20 heavy (non-hydrogen) atoms. The summed E-state index contributed by atoms with van der Waals surface area (Å²) in [4.78, 5) is 0. The lowest BCUT2D eigenvalue weighted by Gasteiger charge is -2.17. The van der Waals surface area contributed by atoms with Crippen LogP contribution in [0.5, 0.6) is 0 Å². The second-order valence-corrected chi connectivity index (χ2v) is 5.39. The molecule has 1 aromatic heterocycles. The zero-order valence-electron chi connectivity index (χ0n) is 12.7. The highest BCUT2D eigenvalue weighted by Crippen LogP contribution is 2.14. The van der Waals surface area contributed by atoms with Gasteiger partial charge in [-0.3, -0.25) is 0 Å². The van der Waals surface area contributed by atoms with Crippen LogP contribution in [0.15, 0.2) is 48.7 Å². The van der Waals surface area contributed by atoms with Gasteiger partial charge in [-0.2, -0.15) is 0 Å². The molecule has 2 heteroatoms. The fourth-order valence-corrected chi connectivity index (χ4v) is 2.59. The molecule has 0 aliphatic carbocycles. The van der Waals surface area contributed by atoms with Gasteiger partial charge in [0.1, 0.15) is 0 Å². The van der Waals surface area contributed by atoms with Crippen molar-refractivity contribution in [2.45, 2.75) is 45.7 Å². The van der Waals surface area contributed by atoms with Crippen molar-refractivity contribution in [3.05, 3.63) is 59.9 Å². The molecule has 2 aromatic rings. The molecule has 1 atom stereocenters. The van der Waals surface area contributed by atoms with E-state index in [-0.39, 0.29) is 0 Å². The first kappa shape index (κ1) is 14.9. The van der Waals surface area contributed by atoms with Crippen LogP contribution in [-0.2, 0) is 13.0 Å². The third kappa shape index (κ3) is 4.24. The number of nitrogens with zero attached hydrogens (tertiary/aromatic N) is 1. The van der Waals surface area contributed by atoms with E-state index in [1.54, 1.807) is 0 Å². The maximum atomic E-state index is 3.56. The van der Waals surface area contributed by atoms with Crippen molar-refractivity contribution in [1.82, 2.24) is 9.88 Å². The minimum Gasteiger partial charge on any atom is -0.350 e. The number of rotatable bonds is 8. The maximum absolute atomic E-state index is 3.56. The van der Waals surface area contributed by atoms with Gasteiger partial charge < -0.3 is 9.88 Å². The highest BCUT2D eigenvalue weighted by Gasteiger charge is 2.08. The van der Waals surface area contributed by atoms with Crippen LogP contribution in [0.25, 0.3) is 0 Å². The summed E-state index contributed by atoms with van der Waals surface area (Å²) in [6, 6.07) is 15.6. The lowest BCUT2D eigenvalue weighted by molar-refractivity contribution is 0.516. The predicted octanol–water partition coefficient (Wildman–Crippen LogP) is 4.18. The van der Waals surface area contributed by atoms with Crippen molar-refractivity contribution >= 4 is 0 Å². The fraction of sp³-hybridized carbons (Fsp3) is 0.444. The van der Waals surface area contributed by atoms with Crippen molar-refractivity contribution in [2.24, 2.45) is 0 Å². The Kier molecular flexibility index (Phi) is 5.87. The minimum absolute atomic E-state index is 0.432. The molecule has 0 saturated heterocycles. The van der Waals surface area contributed by atoms with Gasteiger partial charge in [0.2, 0.25) is 0 Å². The Morgan fingerprint density at radius 3 is 2.65 bits per heavy atom. The minimum atomic E-state index is 0.432. The Morgan fingerprint density at radius 2 is 1.90 bits per heavy atom. The first-order valence-electron chi connectivity index (χ1n) is 7.73. The van der Waals surface area contributed by atoms with Gasteiger partial charge in [-0.1, -0.05) is 37.3 Å². The molecule has 1 N–H and O–H groups in total. The Bertz CT molecular complexity index is 487. The molecule has 0 bridgehead atoms. The number of hydrogen-bond donors (Lipinski definition) is 1. The Balaban J connectivity index is 1.85. The second-order valence-electron chi connectivity index (χ2n) is 5.39. The summed E-state index contributed by atoms with van der Waals surface area (Å²) in [5.74, 6) is 0. The van der Waals surface area contributed by atoms with Crippen LogP contribution in [0.2, 0.25) is 0 Å². The average molecular weight is 270 g/mol. The number of benzene rings is 1. The van der Waals surface area contributed by atoms with Gasteiger partial charge >= 0.3 is 0 Å². The molecular formula is C18H26N2. The van der Waals surface area contributed by atoms with Crippen LogP contribution in [0.3, 0.4) is 0 Å². The first-order valence-corrected chi connectivity index (χ1v) is 7.73. The Hall–Kier alpha value is -1.54. The van der Waals surface area contributed by atoms with E-state index < -0.39 is 0 Å². The molecule has 2 nitrogen and oxygen atoms in total. The quantitative estimate of drug-likeness (QED) is 0.761. The van der Waals surface area contributed by atoms with E-state index in [0.29, 0.717) is 6.04 Å². The lowest BCUT2D eigenvalue weighted by Crippen LogP contribution is -2.22. The monoisotopic (exact) mass is 270 g/mol. The summed E-state index contributed by atoms with van der Waals surface area (Å²) in [6.45, 7) is 6.63. The van der Waals surface area contributed by atoms with E-state index in [0.717, 1.165) is 19.5 Å². The molecule has 0 saturated carbocycles. The summed E-state index contributed by atoms with van der Waals surface area (Å²) in [6.07, 6.45) is 5.71. The van der Waals surface area contributed by atoms with Crippen LogP contribution < -0.4 is 5.32 Å². The number of nitrogens with one attached hydrogen (secondary N) is 1. The van der Waals surface area contributed by atoms with Gasteiger partial charge in [-0.05, 0) is 50.4 Å². The van der Waals surface area contributed by atoms with E-state index in [2.05, 4.69) is 72.4 Å². The van der Waals surface area contributed by atoms with Gasteiger partial charge in [-0.15, -0.1) is 0 Å². The van der Waals surface area contributed by atoms with Crippen LogP contribution in [0, 0.1) is 0 Å². The topological polar surface area (TPSA) is 17.0 Å². The van der Waals surface area contributed by atoms with Gasteiger partial charge in [0.25, 0.3) is 0 Å². The normalized spacial score (nSPS) is 12.5. The molecule has 0 spiro atoms. The summed E-state index contributed by atoms with van der Waals surface area (Å²) in [5.41, 5.74) is 2.82. The molecule has 0 aliphatic rings. The van der Waals surface area contributed by atoms with Gasteiger partial charge in [0.15, 0.2) is 0 Å². The number of aromatic nitrogens is 1. The van der Waals surface area contributed by atoms with E-state index in [9.17, 15) is 0 Å². The molecule has 0 amide bonds. The van der Waals surface area contributed by atoms with Crippen LogP contribution in [0.1, 0.15) is 44.0 Å². The largest absolute Gasteiger partial charge is 0.350 e. The highest BCUT2D eigenvalue weighted by atomic mass is 15.0. The third-order valence-corrected chi connectivity index (χ3v) is 3.72. The highest BCUT2D eigenvalue weighted by molar-refractivity contribution is 5.15. The van der Waals surface area contributed by atoms with Crippen molar-refractivity contribution in [3.63, 3.8) is 0 Å². The van der Waals surface area contributed by atoms with Crippen molar-refractivity contribution in [2.75, 3.05) is 6.54 Å². The summed E-state index contributed by atoms with van der Waals surface area (Å²) in [5, 5.41) is 3.56. The average Bonchev–Trinajstić information content (AvgIpc) is 2.94. The van der Waals surface area contributed by atoms with E-state index >= 15 is 0 Å². The summed E-state index contributed by atoms with van der Waals surface area (Å²) >= 11 is 0. The van der Waals surface area contributed by atoms with Crippen molar-refractivity contribution in [1.29, 1.82) is 0 Å². The molecule has 0 fully saturated rings. The molecule has 108 valence electrons. The SMILES string of the molecule is CCCNC(C)c1cccn1CCCc1ccccc1. The molecule has 0 aliphatic heterocycles. The van der Waals surface area contributed by atoms with Crippen LogP contribution in [0.4, 0.5) is 0 Å². The third-order valence-electron chi connectivity index (χ3n) is 3.72. The smallest absolute Gasteiger partial charge is 0.0446 e. The summed E-state index contributed by atoms with van der Waals surface area (Å²) in [7, 11) is 0. The van der Waals surface area contributed by atoms with Gasteiger partial charge in [-0.25, -0.2) is 0 Å². The molecule has 2 rings (SSSR count). The lowest BCUT2D eigenvalue weighted by atomic mass is 10.1. The molecule has 0 radical (unpaired) electrons. The molecule has 1 heterocycles. The van der Waals surface area contributed by atoms with Gasteiger partial charge in [0.05, 0.1) is 0 Å². The number of hydrogen-bond acceptors (Lipinski definition) is 1. The second kappa shape index (κ2) is 7.91. The fourth-order valence-electron chi connectivity index (χ4n) is 2.59. The molecular weight excluding hydrogens is 244 g/mol. The predicted molar refractivity (Wildman–Crippen MR) is 85.9 cm³/mol. The van der Waals surface area contributed by atoms with E-state index in [4.69, 9.17) is 0 Å². The zero-order valence-corrected chi connectivity index (χ0v) is 12.7. The molecule has 1 aromatic carbocycles. The zero-order chi connectivity index (χ0) is 14.2. The summed E-state index contributed by atoms with van der Waals surface area (Å²) < 4.78 is 2.39. The van der Waals surface area contributed by atoms with E-state index in [1.807, 2.05) is 0 Å². The maximum Gasteiger partial charge on any atom is 0.0446 e. The standard InChI is InChI=1S/C18H26N2/c1-3-13-19-16(2)18-12-8-15-20(18)14-7-11-17-9-5-4-6-10-17/h4-6,8-10,12,15-16,19H,3,7,11,13-14H2,1-2H3. The van der Waals surface area contributed by atoms with Gasteiger partial charge in [0, 0.05) is 24.5 Å². The van der Waals surface area contributed by atoms with Crippen LogP contribution >= 0.6 is 0 Å². The Labute approximate surface area is 122 Å². The van der Waals surface area contributed by atoms with Crippen LogP contribution in [-0.4, -0.2) is 11.1 Å². The number of aryl methyl sites for hydroxylation is 2. The molecule has 1 unspecified atom stereocenters. The van der Waals surface area contributed by atoms with Crippen molar-refractivity contribution < 1.29 is 0 Å². The van der Waals surface area contributed by atoms with Crippen molar-refractivity contribution in [3.8, 4) is 0 Å².